The Bertz CT molecular complexity index is 349. The molecule has 0 aromatic rings. The minimum absolute atomic E-state index is 0.102. The first-order valence-corrected chi connectivity index (χ1v) is 6.12. The molecule has 0 aliphatic rings. The maximum absolute atomic E-state index is 12.0. The first-order chi connectivity index (χ1) is 8.63. The number of rotatable bonds is 5. The van der Waals surface area contributed by atoms with Crippen molar-refractivity contribution in [2.45, 2.75) is 33.7 Å². The molecule has 1 atom stereocenters. The van der Waals surface area contributed by atoms with Crippen LogP contribution in [0.1, 0.15) is 27.7 Å². The van der Waals surface area contributed by atoms with Crippen molar-refractivity contribution in [2.24, 2.45) is 5.41 Å². The molecule has 0 saturated heterocycles. The minimum atomic E-state index is -1.10. The summed E-state index contributed by atoms with van der Waals surface area (Å²) in [5.41, 5.74) is -0.617. The molecule has 7 nitrogen and oxygen atoms in total. The Kier molecular flexibility index (Phi) is 6.31. The Morgan fingerprint density at radius 3 is 2.11 bits per heavy atom. The van der Waals surface area contributed by atoms with Crippen LogP contribution in [0.2, 0.25) is 0 Å². The predicted octanol–water partition coefficient (Wildman–Crippen LogP) is 0.263. The van der Waals surface area contributed by atoms with Gasteiger partial charge in [0, 0.05) is 13.6 Å². The van der Waals surface area contributed by atoms with Gasteiger partial charge in [-0.3, -0.25) is 4.79 Å². The fourth-order valence-corrected chi connectivity index (χ4v) is 1.44. The van der Waals surface area contributed by atoms with Crippen LogP contribution in [0, 0.1) is 5.41 Å². The van der Waals surface area contributed by atoms with E-state index in [4.69, 9.17) is 5.11 Å². The van der Waals surface area contributed by atoms with Gasteiger partial charge in [-0.05, 0) is 12.3 Å². The van der Waals surface area contributed by atoms with Gasteiger partial charge in [-0.15, -0.1) is 0 Å². The Labute approximate surface area is 113 Å². The van der Waals surface area contributed by atoms with Gasteiger partial charge in [-0.25, -0.2) is 9.59 Å². The molecule has 0 fully saturated rings. The number of hydrogen-bond acceptors (Lipinski definition) is 3. The fraction of sp³-hybridized carbons (Fsp3) is 0.750. The normalized spacial score (nSPS) is 12.5. The number of urea groups is 1. The van der Waals surface area contributed by atoms with E-state index in [1.54, 1.807) is 27.7 Å². The third-order valence-corrected chi connectivity index (χ3v) is 2.66. The van der Waals surface area contributed by atoms with Crippen molar-refractivity contribution in [1.29, 1.82) is 0 Å². The van der Waals surface area contributed by atoms with Crippen LogP contribution in [0.5, 0.6) is 0 Å². The molecule has 7 heteroatoms. The second-order valence-corrected chi connectivity index (χ2v) is 5.27. The van der Waals surface area contributed by atoms with Gasteiger partial charge in [0.2, 0.25) is 5.91 Å². The molecular formula is C12H23N3O4. The van der Waals surface area contributed by atoms with Gasteiger partial charge >= 0.3 is 12.0 Å². The van der Waals surface area contributed by atoms with Gasteiger partial charge in [0.05, 0.1) is 0 Å². The molecule has 19 heavy (non-hydrogen) atoms. The van der Waals surface area contributed by atoms with Crippen molar-refractivity contribution < 1.29 is 19.5 Å². The first-order valence-electron chi connectivity index (χ1n) is 6.12. The molecule has 0 rings (SSSR count). The summed E-state index contributed by atoms with van der Waals surface area (Å²) in [6.07, 6.45) is 0. The molecule has 0 aromatic carbocycles. The van der Waals surface area contributed by atoms with Crippen LogP contribution < -0.4 is 10.6 Å². The Morgan fingerprint density at radius 2 is 1.79 bits per heavy atom. The predicted molar refractivity (Wildman–Crippen MR) is 70.7 cm³/mol. The molecule has 3 amide bonds. The number of nitrogens with zero attached hydrogens (tertiary/aromatic N) is 1. The standard InChI is InChI=1S/C12H23N3O4/c1-6-15(7-8(16)13-5)11(19)14-9(10(17)18)12(2,3)4/h9H,6-7H2,1-5H3,(H,13,16)(H,14,19)(H,17,18)/t9-/m0/s1. The topological polar surface area (TPSA) is 98.7 Å². The van der Waals surface area contributed by atoms with Crippen molar-refractivity contribution in [3.05, 3.63) is 0 Å². The van der Waals surface area contributed by atoms with Crippen molar-refractivity contribution in [1.82, 2.24) is 15.5 Å². The summed E-state index contributed by atoms with van der Waals surface area (Å²) >= 11 is 0. The third kappa shape index (κ3) is 5.58. The highest BCUT2D eigenvalue weighted by Crippen LogP contribution is 2.19. The molecule has 0 unspecified atom stereocenters. The minimum Gasteiger partial charge on any atom is -0.480 e. The summed E-state index contributed by atoms with van der Waals surface area (Å²) in [5.74, 6) is -1.41. The summed E-state index contributed by atoms with van der Waals surface area (Å²) in [6.45, 7) is 7.10. The molecule has 0 heterocycles. The fourth-order valence-electron chi connectivity index (χ4n) is 1.44. The van der Waals surface area contributed by atoms with E-state index in [-0.39, 0.29) is 12.5 Å². The molecule has 0 aliphatic heterocycles. The van der Waals surface area contributed by atoms with Gasteiger partial charge in [-0.1, -0.05) is 20.8 Å². The first kappa shape index (κ1) is 17.2. The van der Waals surface area contributed by atoms with Crippen LogP contribution in [0.4, 0.5) is 4.79 Å². The van der Waals surface area contributed by atoms with E-state index in [0.717, 1.165) is 0 Å². The summed E-state index contributed by atoms with van der Waals surface area (Å²) in [7, 11) is 1.48. The van der Waals surface area contributed by atoms with E-state index in [1.807, 2.05) is 0 Å². The van der Waals surface area contributed by atoms with Crippen LogP contribution in [0.15, 0.2) is 0 Å². The quantitative estimate of drug-likeness (QED) is 0.669. The Hall–Kier alpha value is -1.79. The van der Waals surface area contributed by atoms with E-state index in [9.17, 15) is 14.4 Å². The molecule has 0 saturated carbocycles. The summed E-state index contributed by atoms with van der Waals surface area (Å²) in [6, 6.07) is -1.58. The molecule has 0 spiro atoms. The molecule has 0 aliphatic carbocycles. The molecule has 110 valence electrons. The van der Waals surface area contributed by atoms with E-state index in [2.05, 4.69) is 10.6 Å². The lowest BCUT2D eigenvalue weighted by Crippen LogP contribution is -2.54. The number of aliphatic carboxylic acids is 1. The average molecular weight is 273 g/mol. The maximum Gasteiger partial charge on any atom is 0.326 e. The molecule has 0 radical (unpaired) electrons. The van der Waals surface area contributed by atoms with Crippen molar-refractivity contribution in [2.75, 3.05) is 20.1 Å². The number of carbonyl (C=O) groups excluding carboxylic acids is 2. The van der Waals surface area contributed by atoms with Gasteiger partial charge in [0.15, 0.2) is 0 Å². The van der Waals surface area contributed by atoms with Gasteiger partial charge in [-0.2, -0.15) is 0 Å². The number of amides is 3. The van der Waals surface area contributed by atoms with Crippen molar-refractivity contribution >= 4 is 17.9 Å². The smallest absolute Gasteiger partial charge is 0.326 e. The Balaban J connectivity index is 4.79. The maximum atomic E-state index is 12.0. The second kappa shape index (κ2) is 6.96. The highest BCUT2D eigenvalue weighted by Gasteiger charge is 2.33. The lowest BCUT2D eigenvalue weighted by molar-refractivity contribution is -0.142. The van der Waals surface area contributed by atoms with Crippen LogP contribution in [0.3, 0.4) is 0 Å². The summed E-state index contributed by atoms with van der Waals surface area (Å²) < 4.78 is 0. The summed E-state index contributed by atoms with van der Waals surface area (Å²) in [5, 5.41) is 14.0. The largest absolute Gasteiger partial charge is 0.480 e. The van der Waals surface area contributed by atoms with E-state index >= 15 is 0 Å². The van der Waals surface area contributed by atoms with Crippen molar-refractivity contribution in [3.63, 3.8) is 0 Å². The molecule has 0 aromatic heterocycles. The van der Waals surface area contributed by atoms with Gasteiger partial charge in [0.25, 0.3) is 0 Å². The zero-order valence-electron chi connectivity index (χ0n) is 12.1. The summed E-state index contributed by atoms with van der Waals surface area (Å²) in [4.78, 5) is 35.6. The zero-order valence-corrected chi connectivity index (χ0v) is 12.1. The lowest BCUT2D eigenvalue weighted by Gasteiger charge is -2.30. The highest BCUT2D eigenvalue weighted by atomic mass is 16.4. The molecule has 0 bridgehead atoms. The van der Waals surface area contributed by atoms with Crippen LogP contribution in [-0.4, -0.2) is 54.1 Å². The number of likely N-dealkylation sites (N-methyl/N-ethyl adjacent to an activating group) is 2. The number of carboxylic acid groups (broad SMARTS) is 1. The number of carboxylic acids is 1. The van der Waals surface area contributed by atoms with Gasteiger partial charge in [0.1, 0.15) is 12.6 Å². The van der Waals surface area contributed by atoms with E-state index < -0.39 is 23.5 Å². The monoisotopic (exact) mass is 273 g/mol. The third-order valence-electron chi connectivity index (χ3n) is 2.66. The number of hydrogen-bond donors (Lipinski definition) is 3. The van der Waals surface area contributed by atoms with Crippen LogP contribution in [0.25, 0.3) is 0 Å². The lowest BCUT2D eigenvalue weighted by atomic mass is 9.87. The van der Waals surface area contributed by atoms with Crippen LogP contribution >= 0.6 is 0 Å². The number of carbonyl (C=O) groups is 3. The zero-order chi connectivity index (χ0) is 15.2. The van der Waals surface area contributed by atoms with Crippen LogP contribution in [-0.2, 0) is 9.59 Å². The average Bonchev–Trinajstić information content (AvgIpc) is 2.30. The van der Waals surface area contributed by atoms with Gasteiger partial charge < -0.3 is 20.6 Å². The second-order valence-electron chi connectivity index (χ2n) is 5.27. The molecule has 3 N–H and O–H groups in total. The number of nitrogens with one attached hydrogen (secondary N) is 2. The van der Waals surface area contributed by atoms with Crippen molar-refractivity contribution in [3.8, 4) is 0 Å². The van der Waals surface area contributed by atoms with E-state index in [1.165, 1.54) is 11.9 Å². The highest BCUT2D eigenvalue weighted by molar-refractivity contribution is 5.86. The Morgan fingerprint density at radius 1 is 1.26 bits per heavy atom. The molecular weight excluding hydrogens is 250 g/mol. The van der Waals surface area contributed by atoms with E-state index in [0.29, 0.717) is 6.54 Å². The SMILES string of the molecule is CCN(CC(=O)NC)C(=O)N[C@@H](C(=O)O)C(C)(C)C.